The van der Waals surface area contributed by atoms with Gasteiger partial charge in [-0.3, -0.25) is 4.79 Å². The van der Waals surface area contributed by atoms with Crippen molar-refractivity contribution in [1.29, 1.82) is 0 Å². The summed E-state index contributed by atoms with van der Waals surface area (Å²) in [5, 5.41) is -0.676. The van der Waals surface area contributed by atoms with Gasteiger partial charge < -0.3 is 9.32 Å². The van der Waals surface area contributed by atoms with E-state index in [1.165, 1.54) is 0 Å². The molecule has 0 saturated carbocycles. The topological polar surface area (TPSA) is 33.5 Å². The smallest absolute Gasteiger partial charge is 0.245 e. The molecule has 3 nitrogen and oxygen atoms in total. The number of benzene rings is 1. The number of halogens is 2. The average molecular weight is 343 g/mol. The molecule has 0 saturated heterocycles. The molecule has 0 aliphatic carbocycles. The third kappa shape index (κ3) is 3.61. The fourth-order valence-electron chi connectivity index (χ4n) is 1.71. The number of rotatable bonds is 4. The van der Waals surface area contributed by atoms with E-state index < -0.39 is 5.38 Å². The molecule has 2 aromatic rings. The zero-order valence-electron chi connectivity index (χ0n) is 10.3. The minimum atomic E-state index is -0.676. The summed E-state index contributed by atoms with van der Waals surface area (Å²) in [4.78, 5) is 13.7. The van der Waals surface area contributed by atoms with Crippen LogP contribution in [0.1, 0.15) is 16.7 Å². The molecule has 0 fully saturated rings. The number of carbonyl (C=O) groups excluding carboxylic acids is 1. The minimum absolute atomic E-state index is 0.152. The Morgan fingerprint density at radius 1 is 1.32 bits per heavy atom. The molecule has 1 aromatic heterocycles. The van der Waals surface area contributed by atoms with Gasteiger partial charge in [-0.15, -0.1) is 11.6 Å². The van der Waals surface area contributed by atoms with Crippen molar-refractivity contribution >= 4 is 33.4 Å². The number of carbonyl (C=O) groups is 1. The number of furan rings is 1. The molecular formula is C14H13BrClNO2. The first-order chi connectivity index (χ1) is 9.08. The second-order valence-electron chi connectivity index (χ2n) is 4.17. The number of hydrogen-bond donors (Lipinski definition) is 0. The highest BCUT2D eigenvalue weighted by atomic mass is 79.9. The molecule has 1 aromatic carbocycles. The van der Waals surface area contributed by atoms with Crippen LogP contribution in [-0.4, -0.2) is 17.9 Å². The molecule has 100 valence electrons. The highest BCUT2D eigenvalue weighted by Crippen LogP contribution is 2.23. The summed E-state index contributed by atoms with van der Waals surface area (Å²) in [6.07, 6.45) is 0. The second kappa shape index (κ2) is 6.26. The SMILES string of the molecule is CN(Cc1ccc(Br)o1)C(=O)C(Cl)c1ccccc1. The van der Waals surface area contributed by atoms with Gasteiger partial charge in [0.1, 0.15) is 11.1 Å². The van der Waals surface area contributed by atoms with Gasteiger partial charge in [0.25, 0.3) is 0 Å². The predicted octanol–water partition coefficient (Wildman–Crippen LogP) is 3.98. The van der Waals surface area contributed by atoms with Crippen LogP contribution in [-0.2, 0) is 11.3 Å². The van der Waals surface area contributed by atoms with Gasteiger partial charge in [0.2, 0.25) is 5.91 Å². The number of hydrogen-bond acceptors (Lipinski definition) is 2. The molecule has 1 atom stereocenters. The van der Waals surface area contributed by atoms with Crippen molar-refractivity contribution in [3.8, 4) is 0 Å². The Labute approximate surface area is 125 Å². The van der Waals surface area contributed by atoms with Gasteiger partial charge in [-0.25, -0.2) is 0 Å². The summed E-state index contributed by atoms with van der Waals surface area (Å²) >= 11 is 9.42. The van der Waals surface area contributed by atoms with Gasteiger partial charge in [0.15, 0.2) is 4.67 Å². The van der Waals surface area contributed by atoms with Gasteiger partial charge in [-0.1, -0.05) is 30.3 Å². The third-order valence-electron chi connectivity index (χ3n) is 2.71. The van der Waals surface area contributed by atoms with Crippen molar-refractivity contribution in [2.24, 2.45) is 0 Å². The van der Waals surface area contributed by atoms with E-state index in [2.05, 4.69) is 15.9 Å². The van der Waals surface area contributed by atoms with E-state index in [1.807, 2.05) is 36.4 Å². The van der Waals surface area contributed by atoms with E-state index in [9.17, 15) is 4.79 Å². The van der Waals surface area contributed by atoms with Gasteiger partial charge in [-0.05, 0) is 33.6 Å². The zero-order chi connectivity index (χ0) is 13.8. The Morgan fingerprint density at radius 3 is 2.58 bits per heavy atom. The molecule has 0 bridgehead atoms. The van der Waals surface area contributed by atoms with Gasteiger partial charge in [0, 0.05) is 7.05 Å². The molecule has 5 heteroatoms. The Bertz CT molecular complexity index is 556. The van der Waals surface area contributed by atoms with Gasteiger partial charge >= 0.3 is 0 Å². The van der Waals surface area contributed by atoms with Crippen LogP contribution in [0.4, 0.5) is 0 Å². The van der Waals surface area contributed by atoms with E-state index in [0.29, 0.717) is 17.0 Å². The molecule has 0 aliphatic rings. The van der Waals surface area contributed by atoms with Gasteiger partial charge in [0.05, 0.1) is 6.54 Å². The van der Waals surface area contributed by atoms with Crippen LogP contribution in [0, 0.1) is 0 Å². The van der Waals surface area contributed by atoms with Crippen molar-refractivity contribution in [2.75, 3.05) is 7.05 Å². The van der Waals surface area contributed by atoms with E-state index in [0.717, 1.165) is 5.56 Å². The fraction of sp³-hybridized carbons (Fsp3) is 0.214. The molecule has 19 heavy (non-hydrogen) atoms. The van der Waals surface area contributed by atoms with Crippen LogP contribution in [0.25, 0.3) is 0 Å². The van der Waals surface area contributed by atoms with Crippen molar-refractivity contribution in [3.05, 3.63) is 58.5 Å². The lowest BCUT2D eigenvalue weighted by Gasteiger charge is -2.19. The Morgan fingerprint density at radius 2 is 2.00 bits per heavy atom. The molecule has 1 unspecified atom stereocenters. The van der Waals surface area contributed by atoms with Crippen LogP contribution in [0.3, 0.4) is 0 Å². The summed E-state index contributed by atoms with van der Waals surface area (Å²) in [6.45, 7) is 0.389. The standard InChI is InChI=1S/C14H13BrClNO2/c1-17(9-11-7-8-12(15)19-11)14(18)13(16)10-5-3-2-4-6-10/h2-8,13H,9H2,1H3. The molecule has 1 heterocycles. The maximum absolute atomic E-state index is 12.2. The summed E-state index contributed by atoms with van der Waals surface area (Å²) < 4.78 is 6.02. The summed E-state index contributed by atoms with van der Waals surface area (Å²) in [5.41, 5.74) is 0.793. The minimum Gasteiger partial charge on any atom is -0.452 e. The van der Waals surface area contributed by atoms with Gasteiger partial charge in [-0.2, -0.15) is 0 Å². The number of nitrogens with zero attached hydrogens (tertiary/aromatic N) is 1. The number of amides is 1. The van der Waals surface area contributed by atoms with Crippen molar-refractivity contribution in [3.63, 3.8) is 0 Å². The summed E-state index contributed by atoms with van der Waals surface area (Å²) in [7, 11) is 1.71. The summed E-state index contributed by atoms with van der Waals surface area (Å²) in [6, 6.07) is 12.9. The van der Waals surface area contributed by atoms with Crippen molar-refractivity contribution in [1.82, 2.24) is 4.90 Å². The second-order valence-corrected chi connectivity index (χ2v) is 5.39. The monoisotopic (exact) mass is 341 g/mol. The molecule has 2 rings (SSSR count). The largest absolute Gasteiger partial charge is 0.452 e. The van der Waals surface area contributed by atoms with E-state index in [4.69, 9.17) is 16.0 Å². The molecule has 0 radical (unpaired) electrons. The van der Waals surface area contributed by atoms with Crippen molar-refractivity contribution in [2.45, 2.75) is 11.9 Å². The third-order valence-corrected chi connectivity index (χ3v) is 3.57. The van der Waals surface area contributed by atoms with Crippen LogP contribution < -0.4 is 0 Å². The Balaban J connectivity index is 2.03. The normalized spacial score (nSPS) is 12.2. The number of alkyl halides is 1. The van der Waals surface area contributed by atoms with E-state index in [1.54, 1.807) is 18.0 Å². The zero-order valence-corrected chi connectivity index (χ0v) is 12.7. The maximum Gasteiger partial charge on any atom is 0.245 e. The molecule has 1 amide bonds. The molecule has 0 aliphatic heterocycles. The predicted molar refractivity (Wildman–Crippen MR) is 77.9 cm³/mol. The molecular weight excluding hydrogens is 330 g/mol. The van der Waals surface area contributed by atoms with E-state index >= 15 is 0 Å². The van der Waals surface area contributed by atoms with Crippen molar-refractivity contribution < 1.29 is 9.21 Å². The first-order valence-electron chi connectivity index (χ1n) is 5.76. The number of likely N-dealkylation sites (N-methyl/N-ethyl adjacent to an activating group) is 1. The summed E-state index contributed by atoms with van der Waals surface area (Å²) in [5.74, 6) is 0.556. The lowest BCUT2D eigenvalue weighted by molar-refractivity contribution is -0.130. The van der Waals surface area contributed by atoms with Crippen LogP contribution in [0.5, 0.6) is 0 Å². The lowest BCUT2D eigenvalue weighted by atomic mass is 10.1. The first kappa shape index (κ1) is 14.2. The molecule has 0 N–H and O–H groups in total. The Kier molecular flexibility index (Phi) is 4.66. The maximum atomic E-state index is 12.2. The van der Waals surface area contributed by atoms with E-state index in [-0.39, 0.29) is 5.91 Å². The van der Waals surface area contributed by atoms with Crippen LogP contribution in [0.2, 0.25) is 0 Å². The van der Waals surface area contributed by atoms with Crippen LogP contribution in [0.15, 0.2) is 51.6 Å². The molecule has 0 spiro atoms. The lowest BCUT2D eigenvalue weighted by Crippen LogP contribution is -2.29. The highest BCUT2D eigenvalue weighted by Gasteiger charge is 2.21. The average Bonchev–Trinajstić information content (AvgIpc) is 2.83. The Hall–Kier alpha value is -1.26. The quantitative estimate of drug-likeness (QED) is 0.787. The fourth-order valence-corrected chi connectivity index (χ4v) is 2.36. The van der Waals surface area contributed by atoms with Crippen LogP contribution >= 0.6 is 27.5 Å². The first-order valence-corrected chi connectivity index (χ1v) is 6.99. The highest BCUT2D eigenvalue weighted by molar-refractivity contribution is 9.10.